The SMILES string of the molecule is CCCCOc1ccc(/C=C/C(=O)NC2CCN(CCC)CC2)cc1OC. The van der Waals surface area contributed by atoms with Gasteiger partial charge in [-0.25, -0.2) is 0 Å². The molecule has 1 aliphatic heterocycles. The third-order valence-corrected chi connectivity index (χ3v) is 4.84. The highest BCUT2D eigenvalue weighted by Gasteiger charge is 2.19. The molecule has 1 saturated heterocycles. The second-order valence-electron chi connectivity index (χ2n) is 7.07. The average molecular weight is 375 g/mol. The first kappa shape index (κ1) is 21.3. The molecular formula is C22H34N2O3. The third kappa shape index (κ3) is 7.25. The van der Waals surface area contributed by atoms with Gasteiger partial charge in [0.05, 0.1) is 13.7 Å². The van der Waals surface area contributed by atoms with Crippen molar-refractivity contribution in [2.45, 2.75) is 52.0 Å². The lowest BCUT2D eigenvalue weighted by molar-refractivity contribution is -0.117. The van der Waals surface area contributed by atoms with Crippen LogP contribution >= 0.6 is 0 Å². The minimum atomic E-state index is -0.0359. The Balaban J connectivity index is 1.84. The quantitative estimate of drug-likeness (QED) is 0.499. The minimum absolute atomic E-state index is 0.0359. The number of piperidine rings is 1. The van der Waals surface area contributed by atoms with Gasteiger partial charge in [0.1, 0.15) is 0 Å². The molecule has 1 amide bonds. The van der Waals surface area contributed by atoms with Gasteiger partial charge in [-0.2, -0.15) is 0 Å². The van der Waals surface area contributed by atoms with E-state index in [1.165, 1.54) is 6.42 Å². The molecule has 27 heavy (non-hydrogen) atoms. The van der Waals surface area contributed by atoms with Gasteiger partial charge in [0.15, 0.2) is 11.5 Å². The summed E-state index contributed by atoms with van der Waals surface area (Å²) in [6.45, 7) is 8.31. The monoisotopic (exact) mass is 374 g/mol. The molecule has 1 heterocycles. The van der Waals surface area contributed by atoms with Gasteiger partial charge in [-0.15, -0.1) is 0 Å². The molecule has 2 rings (SSSR count). The topological polar surface area (TPSA) is 50.8 Å². The lowest BCUT2D eigenvalue weighted by Crippen LogP contribution is -2.44. The molecule has 1 aromatic carbocycles. The first-order valence-electron chi connectivity index (χ1n) is 10.2. The van der Waals surface area contributed by atoms with Gasteiger partial charge in [0.2, 0.25) is 5.91 Å². The number of likely N-dealkylation sites (tertiary alicyclic amines) is 1. The second kappa shape index (κ2) is 11.7. The van der Waals surface area contributed by atoms with Gasteiger partial charge in [-0.05, 0) is 56.0 Å². The van der Waals surface area contributed by atoms with Crippen LogP contribution in [0.25, 0.3) is 6.08 Å². The number of ether oxygens (including phenoxy) is 2. The summed E-state index contributed by atoms with van der Waals surface area (Å²) in [7, 11) is 1.63. The molecule has 5 heteroatoms. The number of methoxy groups -OCH3 is 1. The summed E-state index contributed by atoms with van der Waals surface area (Å²) in [6, 6.07) is 6.01. The molecule has 150 valence electrons. The predicted molar refractivity (Wildman–Crippen MR) is 110 cm³/mol. The first-order valence-corrected chi connectivity index (χ1v) is 10.2. The number of nitrogens with zero attached hydrogens (tertiary/aromatic N) is 1. The molecule has 0 aliphatic carbocycles. The molecule has 0 saturated carbocycles. The van der Waals surface area contributed by atoms with Crippen molar-refractivity contribution >= 4 is 12.0 Å². The highest BCUT2D eigenvalue weighted by molar-refractivity contribution is 5.92. The zero-order valence-electron chi connectivity index (χ0n) is 17.0. The van der Waals surface area contributed by atoms with Crippen LogP contribution in [0.15, 0.2) is 24.3 Å². The number of carbonyl (C=O) groups excluding carboxylic acids is 1. The molecule has 0 bridgehead atoms. The van der Waals surface area contributed by atoms with Crippen LogP contribution in [0.5, 0.6) is 11.5 Å². The van der Waals surface area contributed by atoms with Crippen LogP contribution in [0, 0.1) is 0 Å². The van der Waals surface area contributed by atoms with Crippen molar-refractivity contribution in [3.05, 3.63) is 29.8 Å². The van der Waals surface area contributed by atoms with Crippen molar-refractivity contribution in [2.75, 3.05) is 33.4 Å². The molecule has 0 radical (unpaired) electrons. The number of benzene rings is 1. The highest BCUT2D eigenvalue weighted by Crippen LogP contribution is 2.28. The fourth-order valence-electron chi connectivity index (χ4n) is 3.27. The molecule has 0 spiro atoms. The maximum atomic E-state index is 12.2. The van der Waals surface area contributed by atoms with E-state index in [2.05, 4.69) is 24.1 Å². The molecular weight excluding hydrogens is 340 g/mol. The third-order valence-electron chi connectivity index (χ3n) is 4.84. The largest absolute Gasteiger partial charge is 0.493 e. The van der Waals surface area contributed by atoms with Gasteiger partial charge >= 0.3 is 0 Å². The van der Waals surface area contributed by atoms with Gasteiger partial charge in [0.25, 0.3) is 0 Å². The van der Waals surface area contributed by atoms with Crippen LogP contribution in [0.3, 0.4) is 0 Å². The summed E-state index contributed by atoms with van der Waals surface area (Å²) in [6.07, 6.45) is 8.77. The zero-order valence-corrected chi connectivity index (χ0v) is 17.0. The number of amides is 1. The Labute approximate surface area is 163 Å². The Bertz CT molecular complexity index is 608. The van der Waals surface area contributed by atoms with Gasteiger partial charge in [0, 0.05) is 25.2 Å². The van der Waals surface area contributed by atoms with Gasteiger partial charge in [-0.1, -0.05) is 26.3 Å². The van der Waals surface area contributed by atoms with E-state index < -0.39 is 0 Å². The van der Waals surface area contributed by atoms with Crippen molar-refractivity contribution in [1.29, 1.82) is 0 Å². The Morgan fingerprint density at radius 1 is 1.22 bits per heavy atom. The standard InChI is InChI=1S/C22H34N2O3/c1-4-6-16-27-20-9-7-18(17-21(20)26-3)8-10-22(25)23-19-11-14-24(13-5-2)15-12-19/h7-10,17,19H,4-6,11-16H2,1-3H3,(H,23,25)/b10-8+. The Kier molecular flexibility index (Phi) is 9.19. The Hall–Kier alpha value is -2.01. The molecule has 5 nitrogen and oxygen atoms in total. The van der Waals surface area contributed by atoms with Gasteiger partial charge < -0.3 is 19.7 Å². The van der Waals surface area contributed by atoms with E-state index >= 15 is 0 Å². The smallest absolute Gasteiger partial charge is 0.244 e. The minimum Gasteiger partial charge on any atom is -0.493 e. The summed E-state index contributed by atoms with van der Waals surface area (Å²) < 4.78 is 11.2. The van der Waals surface area contributed by atoms with E-state index in [1.807, 2.05) is 24.3 Å². The molecule has 1 aliphatic rings. The van der Waals surface area contributed by atoms with Gasteiger partial charge in [-0.3, -0.25) is 4.79 Å². The number of nitrogens with one attached hydrogen (secondary N) is 1. The van der Waals surface area contributed by atoms with E-state index in [9.17, 15) is 4.79 Å². The molecule has 1 N–H and O–H groups in total. The maximum Gasteiger partial charge on any atom is 0.244 e. The Morgan fingerprint density at radius 3 is 2.67 bits per heavy atom. The van der Waals surface area contributed by atoms with Crippen molar-refractivity contribution in [1.82, 2.24) is 10.2 Å². The number of unbranched alkanes of at least 4 members (excludes halogenated alkanes) is 1. The fraction of sp³-hybridized carbons (Fsp3) is 0.591. The molecule has 0 atom stereocenters. The summed E-state index contributed by atoms with van der Waals surface area (Å²) in [5.74, 6) is 1.40. The van der Waals surface area contributed by atoms with Crippen LogP contribution in [0.2, 0.25) is 0 Å². The number of hydrogen-bond donors (Lipinski definition) is 1. The van der Waals surface area contributed by atoms with Crippen LogP contribution in [-0.4, -0.2) is 50.2 Å². The average Bonchev–Trinajstić information content (AvgIpc) is 2.69. The molecule has 0 aromatic heterocycles. The van der Waals surface area contributed by atoms with Crippen molar-refractivity contribution in [3.8, 4) is 11.5 Å². The first-order chi connectivity index (χ1) is 13.2. The van der Waals surface area contributed by atoms with Crippen LogP contribution < -0.4 is 14.8 Å². The van der Waals surface area contributed by atoms with Crippen molar-refractivity contribution < 1.29 is 14.3 Å². The number of hydrogen-bond acceptors (Lipinski definition) is 4. The van der Waals surface area contributed by atoms with E-state index in [-0.39, 0.29) is 11.9 Å². The lowest BCUT2D eigenvalue weighted by atomic mass is 10.0. The lowest BCUT2D eigenvalue weighted by Gasteiger charge is -2.31. The van der Waals surface area contributed by atoms with E-state index in [0.29, 0.717) is 12.4 Å². The zero-order chi connectivity index (χ0) is 19.5. The molecule has 1 fully saturated rings. The number of carbonyl (C=O) groups is 1. The highest BCUT2D eigenvalue weighted by atomic mass is 16.5. The number of rotatable bonds is 10. The van der Waals surface area contributed by atoms with E-state index in [1.54, 1.807) is 13.2 Å². The molecule has 0 unspecified atom stereocenters. The Morgan fingerprint density at radius 2 is 2.00 bits per heavy atom. The van der Waals surface area contributed by atoms with Crippen molar-refractivity contribution in [3.63, 3.8) is 0 Å². The van der Waals surface area contributed by atoms with Crippen LogP contribution in [0.1, 0.15) is 51.5 Å². The van der Waals surface area contributed by atoms with E-state index in [4.69, 9.17) is 9.47 Å². The summed E-state index contributed by atoms with van der Waals surface area (Å²) in [5, 5.41) is 3.12. The normalized spacial score (nSPS) is 15.8. The summed E-state index contributed by atoms with van der Waals surface area (Å²) >= 11 is 0. The summed E-state index contributed by atoms with van der Waals surface area (Å²) in [4.78, 5) is 14.7. The fourth-order valence-corrected chi connectivity index (χ4v) is 3.27. The van der Waals surface area contributed by atoms with Crippen LogP contribution in [0.4, 0.5) is 0 Å². The second-order valence-corrected chi connectivity index (χ2v) is 7.07. The van der Waals surface area contributed by atoms with Crippen LogP contribution in [-0.2, 0) is 4.79 Å². The molecule has 1 aromatic rings. The maximum absolute atomic E-state index is 12.2. The predicted octanol–water partition coefficient (Wildman–Crippen LogP) is 3.88. The summed E-state index contributed by atoms with van der Waals surface area (Å²) in [5.41, 5.74) is 0.919. The van der Waals surface area contributed by atoms with Crippen molar-refractivity contribution in [2.24, 2.45) is 0 Å². The van der Waals surface area contributed by atoms with E-state index in [0.717, 1.165) is 56.6 Å².